The van der Waals surface area contributed by atoms with E-state index in [1.807, 2.05) is 6.07 Å². The van der Waals surface area contributed by atoms with Gasteiger partial charge in [-0.05, 0) is 48.4 Å². The summed E-state index contributed by atoms with van der Waals surface area (Å²) >= 11 is 0. The molecule has 5 nitrogen and oxygen atoms in total. The molecule has 166 valence electrons. The third-order valence-electron chi connectivity index (χ3n) is 5.01. The van der Waals surface area contributed by atoms with Gasteiger partial charge in [-0.2, -0.15) is 5.10 Å². The van der Waals surface area contributed by atoms with Gasteiger partial charge in [0.25, 0.3) is 0 Å². The molecule has 0 bridgehead atoms. The molecular formula is C26H34N2O3. The fourth-order valence-electron chi connectivity index (χ4n) is 3.19. The average Bonchev–Trinajstić information content (AvgIpc) is 2.79. The van der Waals surface area contributed by atoms with Crippen molar-refractivity contribution in [2.24, 2.45) is 5.10 Å². The maximum atomic E-state index is 12.0. The first-order valence-corrected chi connectivity index (χ1v) is 11.4. The van der Waals surface area contributed by atoms with Gasteiger partial charge in [0.1, 0.15) is 5.75 Å². The lowest BCUT2D eigenvalue weighted by atomic mass is 10.1. The summed E-state index contributed by atoms with van der Waals surface area (Å²) in [7, 11) is 0. The topological polar surface area (TPSA) is 67.8 Å². The molecule has 0 saturated heterocycles. The highest BCUT2D eigenvalue weighted by Gasteiger charge is 2.07. The number of unbranched alkanes of at least 4 members (excludes halogenated alkanes) is 8. The first kappa shape index (κ1) is 24.3. The van der Waals surface area contributed by atoms with Crippen LogP contribution in [0, 0.1) is 0 Å². The number of hydrazone groups is 1. The first-order valence-electron chi connectivity index (χ1n) is 11.4. The second-order valence-electron chi connectivity index (χ2n) is 7.70. The van der Waals surface area contributed by atoms with Crippen molar-refractivity contribution >= 4 is 18.1 Å². The Morgan fingerprint density at radius 1 is 0.839 bits per heavy atom. The minimum absolute atomic E-state index is 0.0624. The van der Waals surface area contributed by atoms with Crippen molar-refractivity contribution in [3.63, 3.8) is 0 Å². The van der Waals surface area contributed by atoms with Crippen molar-refractivity contribution < 1.29 is 14.3 Å². The normalized spacial score (nSPS) is 10.9. The van der Waals surface area contributed by atoms with Gasteiger partial charge in [-0.25, -0.2) is 10.2 Å². The number of nitrogens with one attached hydrogen (secondary N) is 1. The van der Waals surface area contributed by atoms with Crippen molar-refractivity contribution in [1.82, 2.24) is 5.43 Å². The van der Waals surface area contributed by atoms with Crippen LogP contribution in [0.15, 0.2) is 59.7 Å². The lowest BCUT2D eigenvalue weighted by Gasteiger charge is -2.04. The number of rotatable bonds is 14. The number of hydrogen-bond donors (Lipinski definition) is 1. The van der Waals surface area contributed by atoms with E-state index < -0.39 is 5.97 Å². The van der Waals surface area contributed by atoms with Crippen LogP contribution >= 0.6 is 0 Å². The first-order chi connectivity index (χ1) is 15.2. The second-order valence-corrected chi connectivity index (χ2v) is 7.70. The predicted molar refractivity (Wildman–Crippen MR) is 125 cm³/mol. The molecule has 0 radical (unpaired) electrons. The molecule has 0 aromatic heterocycles. The van der Waals surface area contributed by atoms with E-state index >= 15 is 0 Å². The van der Waals surface area contributed by atoms with Gasteiger partial charge in [0.05, 0.1) is 11.8 Å². The molecule has 2 rings (SSSR count). The van der Waals surface area contributed by atoms with E-state index in [-0.39, 0.29) is 5.91 Å². The van der Waals surface area contributed by atoms with E-state index in [2.05, 4.69) is 17.5 Å². The minimum Gasteiger partial charge on any atom is -0.423 e. The van der Waals surface area contributed by atoms with Crippen LogP contribution in [0.4, 0.5) is 0 Å². The van der Waals surface area contributed by atoms with Crippen molar-refractivity contribution in [2.45, 2.75) is 71.1 Å². The maximum absolute atomic E-state index is 12.0. The van der Waals surface area contributed by atoms with Gasteiger partial charge < -0.3 is 4.74 Å². The van der Waals surface area contributed by atoms with E-state index in [1.165, 1.54) is 44.9 Å². The summed E-state index contributed by atoms with van der Waals surface area (Å²) in [6, 6.07) is 15.8. The SMILES string of the molecule is CCCCCCCCCCCC(=O)NN=Cc1ccc(OC(=O)c2ccccc2)cc1. The van der Waals surface area contributed by atoms with E-state index in [0.29, 0.717) is 17.7 Å². The second kappa shape index (κ2) is 14.9. The van der Waals surface area contributed by atoms with Crippen LogP contribution in [-0.4, -0.2) is 18.1 Å². The van der Waals surface area contributed by atoms with Gasteiger partial charge in [-0.3, -0.25) is 4.79 Å². The van der Waals surface area contributed by atoms with E-state index in [1.54, 1.807) is 54.7 Å². The number of carbonyl (C=O) groups excluding carboxylic acids is 2. The smallest absolute Gasteiger partial charge is 0.343 e. The maximum Gasteiger partial charge on any atom is 0.343 e. The van der Waals surface area contributed by atoms with Crippen LogP contribution in [0.2, 0.25) is 0 Å². The zero-order valence-corrected chi connectivity index (χ0v) is 18.5. The molecule has 0 unspecified atom stereocenters. The number of ether oxygens (including phenoxy) is 1. The third-order valence-corrected chi connectivity index (χ3v) is 5.01. The molecule has 31 heavy (non-hydrogen) atoms. The Kier molecular flexibility index (Phi) is 11.7. The molecule has 1 amide bonds. The molecule has 0 atom stereocenters. The van der Waals surface area contributed by atoms with Gasteiger partial charge in [0.15, 0.2) is 0 Å². The summed E-state index contributed by atoms with van der Waals surface area (Å²) < 4.78 is 5.34. The highest BCUT2D eigenvalue weighted by Crippen LogP contribution is 2.14. The van der Waals surface area contributed by atoms with Gasteiger partial charge in [0, 0.05) is 6.42 Å². The molecule has 1 N–H and O–H groups in total. The summed E-state index contributed by atoms with van der Waals surface area (Å²) in [4.78, 5) is 23.9. The van der Waals surface area contributed by atoms with Crippen molar-refractivity contribution in [2.75, 3.05) is 0 Å². The van der Waals surface area contributed by atoms with Gasteiger partial charge >= 0.3 is 5.97 Å². The molecule has 0 aliphatic heterocycles. The molecule has 0 heterocycles. The minimum atomic E-state index is -0.397. The zero-order chi connectivity index (χ0) is 22.2. The third kappa shape index (κ3) is 10.6. The van der Waals surface area contributed by atoms with E-state index in [9.17, 15) is 9.59 Å². The molecular weight excluding hydrogens is 388 g/mol. The number of nitrogens with zero attached hydrogens (tertiary/aromatic N) is 1. The van der Waals surface area contributed by atoms with Crippen LogP contribution in [0.3, 0.4) is 0 Å². The molecule has 0 aliphatic rings. The van der Waals surface area contributed by atoms with E-state index in [4.69, 9.17) is 4.74 Å². The van der Waals surface area contributed by atoms with Crippen molar-refractivity contribution in [1.29, 1.82) is 0 Å². The Morgan fingerprint density at radius 3 is 2.10 bits per heavy atom. The fraction of sp³-hybridized carbons (Fsp3) is 0.423. The molecule has 0 spiro atoms. The highest BCUT2D eigenvalue weighted by atomic mass is 16.5. The number of amides is 1. The number of esters is 1. The molecule has 0 saturated carbocycles. The average molecular weight is 423 g/mol. The summed E-state index contributed by atoms with van der Waals surface area (Å²) in [5.41, 5.74) is 3.88. The molecule has 5 heteroatoms. The summed E-state index contributed by atoms with van der Waals surface area (Å²) in [5, 5.41) is 4.00. The Labute approximate surface area is 185 Å². The number of carbonyl (C=O) groups is 2. The van der Waals surface area contributed by atoms with Crippen LogP contribution in [0.25, 0.3) is 0 Å². The molecule has 2 aromatic carbocycles. The van der Waals surface area contributed by atoms with Crippen LogP contribution in [-0.2, 0) is 4.79 Å². The van der Waals surface area contributed by atoms with Crippen molar-refractivity contribution in [3.8, 4) is 5.75 Å². The van der Waals surface area contributed by atoms with E-state index in [0.717, 1.165) is 18.4 Å². The van der Waals surface area contributed by atoms with Gasteiger partial charge in [0.2, 0.25) is 5.91 Å². The zero-order valence-electron chi connectivity index (χ0n) is 18.5. The predicted octanol–water partition coefficient (Wildman–Crippen LogP) is 6.28. The standard InChI is InChI=1S/C26H34N2O3/c1-2-3-4-5-6-7-8-9-13-16-25(29)28-27-21-22-17-19-24(20-18-22)31-26(30)23-14-11-10-12-15-23/h10-12,14-15,17-21H,2-9,13,16H2,1H3,(H,28,29). The molecule has 0 aliphatic carbocycles. The summed E-state index contributed by atoms with van der Waals surface area (Å²) in [6.07, 6.45) is 13.1. The summed E-state index contributed by atoms with van der Waals surface area (Å²) in [5.74, 6) is -0.00113. The van der Waals surface area contributed by atoms with Crippen LogP contribution in [0.5, 0.6) is 5.75 Å². The monoisotopic (exact) mass is 422 g/mol. The Hall–Kier alpha value is -2.95. The number of benzene rings is 2. The van der Waals surface area contributed by atoms with Crippen LogP contribution < -0.4 is 10.2 Å². The van der Waals surface area contributed by atoms with Crippen LogP contribution in [0.1, 0.15) is 87.1 Å². The lowest BCUT2D eigenvalue weighted by Crippen LogP contribution is -2.16. The quantitative estimate of drug-likeness (QED) is 0.128. The number of hydrogen-bond acceptors (Lipinski definition) is 4. The fourth-order valence-corrected chi connectivity index (χ4v) is 3.19. The Balaban J connectivity index is 1.59. The Bertz CT molecular complexity index is 801. The van der Waals surface area contributed by atoms with Gasteiger partial charge in [-0.1, -0.05) is 76.5 Å². The largest absolute Gasteiger partial charge is 0.423 e. The van der Waals surface area contributed by atoms with Crippen molar-refractivity contribution in [3.05, 3.63) is 65.7 Å². The molecule has 2 aromatic rings. The lowest BCUT2D eigenvalue weighted by molar-refractivity contribution is -0.121. The van der Waals surface area contributed by atoms with Gasteiger partial charge in [-0.15, -0.1) is 0 Å². The summed E-state index contributed by atoms with van der Waals surface area (Å²) in [6.45, 7) is 2.23. The molecule has 0 fully saturated rings. The highest BCUT2D eigenvalue weighted by molar-refractivity contribution is 5.91. The Morgan fingerprint density at radius 2 is 1.45 bits per heavy atom.